The maximum absolute atomic E-state index is 6.72. The Hall–Kier alpha value is -5.14. The third kappa shape index (κ3) is 3.41. The fraction of sp³-hybridized carbons (Fsp3) is 0. The summed E-state index contributed by atoms with van der Waals surface area (Å²) < 4.78 is 6.72. The second kappa shape index (κ2) is 8.72. The SMILES string of the molecule is c1ccc(-c2ccccc2-c2c3ccccc3c(-c3cc4ccc5ccccc5c4o3)c3ccccc23)cc1. The summed E-state index contributed by atoms with van der Waals surface area (Å²) in [4.78, 5) is 0. The van der Waals surface area contributed by atoms with Crippen molar-refractivity contribution in [3.8, 4) is 33.6 Å². The highest BCUT2D eigenvalue weighted by molar-refractivity contribution is 6.22. The lowest BCUT2D eigenvalue weighted by Gasteiger charge is -2.18. The highest BCUT2D eigenvalue weighted by atomic mass is 16.3. The molecule has 8 rings (SSSR count). The van der Waals surface area contributed by atoms with E-state index in [9.17, 15) is 0 Å². The van der Waals surface area contributed by atoms with Crippen molar-refractivity contribution in [2.24, 2.45) is 0 Å². The van der Waals surface area contributed by atoms with Crippen LogP contribution in [-0.2, 0) is 0 Å². The van der Waals surface area contributed by atoms with Crippen molar-refractivity contribution in [3.05, 3.63) is 146 Å². The van der Waals surface area contributed by atoms with E-state index in [-0.39, 0.29) is 0 Å². The lowest BCUT2D eigenvalue weighted by atomic mass is 9.85. The van der Waals surface area contributed by atoms with Crippen molar-refractivity contribution in [3.63, 3.8) is 0 Å². The smallest absolute Gasteiger partial charge is 0.142 e. The van der Waals surface area contributed by atoms with Gasteiger partial charge in [0.15, 0.2) is 0 Å². The molecule has 1 heteroatoms. The predicted octanol–water partition coefficient (Wildman–Crippen LogP) is 10.9. The van der Waals surface area contributed by atoms with Crippen molar-refractivity contribution in [1.29, 1.82) is 0 Å². The summed E-state index contributed by atoms with van der Waals surface area (Å²) >= 11 is 0. The van der Waals surface area contributed by atoms with Crippen LogP contribution < -0.4 is 0 Å². The average molecular weight is 497 g/mol. The topological polar surface area (TPSA) is 13.1 Å². The Labute approximate surface area is 226 Å². The summed E-state index contributed by atoms with van der Waals surface area (Å²) in [7, 11) is 0. The standard InChI is InChI=1S/C38H24O/c1-2-12-25(13-3-1)28-15-6-7-17-30(28)36-31-18-8-10-20-33(31)37(34-21-11-9-19-32(34)36)35-24-27-23-22-26-14-4-5-16-29(26)38(27)39-35/h1-24H. The third-order valence-corrected chi connectivity index (χ3v) is 7.87. The molecule has 0 N–H and O–H groups in total. The van der Waals surface area contributed by atoms with Crippen molar-refractivity contribution in [2.45, 2.75) is 0 Å². The Morgan fingerprint density at radius 1 is 0.359 bits per heavy atom. The largest absolute Gasteiger partial charge is 0.455 e. The van der Waals surface area contributed by atoms with Gasteiger partial charge in [-0.15, -0.1) is 0 Å². The zero-order valence-electron chi connectivity index (χ0n) is 21.3. The molecule has 0 unspecified atom stereocenters. The van der Waals surface area contributed by atoms with E-state index in [4.69, 9.17) is 4.42 Å². The monoisotopic (exact) mass is 496 g/mol. The Bertz CT molecular complexity index is 2110. The lowest BCUT2D eigenvalue weighted by Crippen LogP contribution is -1.92. The van der Waals surface area contributed by atoms with Gasteiger partial charge in [0.25, 0.3) is 0 Å². The van der Waals surface area contributed by atoms with E-state index in [0.717, 1.165) is 27.7 Å². The second-order valence-electron chi connectivity index (χ2n) is 10.1. The van der Waals surface area contributed by atoms with Crippen molar-refractivity contribution >= 4 is 43.3 Å². The number of furan rings is 1. The molecule has 0 aliphatic rings. The van der Waals surface area contributed by atoms with E-state index < -0.39 is 0 Å². The van der Waals surface area contributed by atoms with Gasteiger partial charge in [0.05, 0.1) is 0 Å². The fourth-order valence-electron chi connectivity index (χ4n) is 6.15. The van der Waals surface area contributed by atoms with Gasteiger partial charge in [-0.05, 0) is 55.3 Å². The van der Waals surface area contributed by atoms with Gasteiger partial charge in [-0.25, -0.2) is 0 Å². The summed E-state index contributed by atoms with van der Waals surface area (Å²) in [6, 6.07) is 51.9. The first-order chi connectivity index (χ1) is 19.4. The van der Waals surface area contributed by atoms with E-state index >= 15 is 0 Å². The van der Waals surface area contributed by atoms with Gasteiger partial charge < -0.3 is 4.42 Å². The molecular formula is C38H24O. The summed E-state index contributed by atoms with van der Waals surface area (Å²) in [6.07, 6.45) is 0. The molecule has 7 aromatic carbocycles. The van der Waals surface area contributed by atoms with Crippen LogP contribution in [0.15, 0.2) is 150 Å². The molecule has 0 spiro atoms. The minimum absolute atomic E-state index is 0.900. The quantitative estimate of drug-likeness (QED) is 0.222. The number of rotatable bonds is 3. The van der Waals surface area contributed by atoms with Crippen LogP contribution in [0.25, 0.3) is 76.9 Å². The molecule has 1 heterocycles. The van der Waals surface area contributed by atoms with Crippen LogP contribution in [0.1, 0.15) is 0 Å². The van der Waals surface area contributed by atoms with Gasteiger partial charge in [0.1, 0.15) is 11.3 Å². The minimum atomic E-state index is 0.900. The molecule has 0 aliphatic heterocycles. The molecule has 0 atom stereocenters. The average Bonchev–Trinajstić information content (AvgIpc) is 3.45. The summed E-state index contributed by atoms with van der Waals surface area (Å²) in [5.41, 5.74) is 7.02. The van der Waals surface area contributed by atoms with E-state index in [1.54, 1.807) is 0 Å². The highest BCUT2D eigenvalue weighted by Crippen LogP contribution is 2.47. The first kappa shape index (κ1) is 21.9. The Kier molecular flexibility index (Phi) is 4.89. The molecule has 0 aliphatic carbocycles. The van der Waals surface area contributed by atoms with Crippen LogP contribution in [0, 0.1) is 0 Å². The number of fused-ring (bicyclic) bond motifs is 5. The summed E-state index contributed by atoms with van der Waals surface area (Å²) in [5.74, 6) is 0.900. The second-order valence-corrected chi connectivity index (χ2v) is 10.1. The first-order valence-electron chi connectivity index (χ1n) is 13.4. The maximum atomic E-state index is 6.72. The van der Waals surface area contributed by atoms with Gasteiger partial charge in [-0.2, -0.15) is 0 Å². The third-order valence-electron chi connectivity index (χ3n) is 7.87. The molecule has 8 aromatic rings. The van der Waals surface area contributed by atoms with E-state index in [0.29, 0.717) is 0 Å². The van der Waals surface area contributed by atoms with Gasteiger partial charge in [0, 0.05) is 16.3 Å². The molecule has 0 bridgehead atoms. The molecule has 1 nitrogen and oxygen atoms in total. The maximum Gasteiger partial charge on any atom is 0.142 e. The van der Waals surface area contributed by atoms with Gasteiger partial charge >= 0.3 is 0 Å². The number of hydrogen-bond donors (Lipinski definition) is 0. The molecule has 0 saturated carbocycles. The zero-order chi connectivity index (χ0) is 25.8. The van der Waals surface area contributed by atoms with Crippen LogP contribution in [0.4, 0.5) is 0 Å². The number of benzene rings is 7. The summed E-state index contributed by atoms with van der Waals surface area (Å²) in [5, 5.41) is 8.28. The fourth-order valence-corrected chi connectivity index (χ4v) is 6.15. The Balaban J connectivity index is 1.49. The summed E-state index contributed by atoms with van der Waals surface area (Å²) in [6.45, 7) is 0. The highest BCUT2D eigenvalue weighted by Gasteiger charge is 2.20. The van der Waals surface area contributed by atoms with Crippen LogP contribution in [0.5, 0.6) is 0 Å². The predicted molar refractivity (Wildman–Crippen MR) is 165 cm³/mol. The normalized spacial score (nSPS) is 11.6. The van der Waals surface area contributed by atoms with Gasteiger partial charge in [-0.3, -0.25) is 0 Å². The zero-order valence-corrected chi connectivity index (χ0v) is 21.3. The van der Waals surface area contributed by atoms with Gasteiger partial charge in [0.2, 0.25) is 0 Å². The van der Waals surface area contributed by atoms with Crippen LogP contribution in [0.2, 0.25) is 0 Å². The minimum Gasteiger partial charge on any atom is -0.455 e. The molecule has 0 radical (unpaired) electrons. The Morgan fingerprint density at radius 2 is 0.872 bits per heavy atom. The van der Waals surface area contributed by atoms with Gasteiger partial charge in [-0.1, -0.05) is 140 Å². The first-order valence-corrected chi connectivity index (χ1v) is 13.4. The molecule has 1 aromatic heterocycles. The van der Waals surface area contributed by atoms with E-state index in [2.05, 4.69) is 146 Å². The molecular weight excluding hydrogens is 472 g/mol. The van der Waals surface area contributed by atoms with Crippen molar-refractivity contribution < 1.29 is 4.42 Å². The van der Waals surface area contributed by atoms with Crippen LogP contribution in [-0.4, -0.2) is 0 Å². The van der Waals surface area contributed by atoms with Crippen molar-refractivity contribution in [2.75, 3.05) is 0 Å². The number of hydrogen-bond acceptors (Lipinski definition) is 1. The van der Waals surface area contributed by atoms with Crippen molar-refractivity contribution in [1.82, 2.24) is 0 Å². The molecule has 39 heavy (non-hydrogen) atoms. The Morgan fingerprint density at radius 3 is 1.56 bits per heavy atom. The molecule has 0 fully saturated rings. The molecule has 0 amide bonds. The molecule has 182 valence electrons. The lowest BCUT2D eigenvalue weighted by molar-refractivity contribution is 0.636. The van der Waals surface area contributed by atoms with E-state index in [1.807, 2.05) is 0 Å². The van der Waals surface area contributed by atoms with E-state index in [1.165, 1.54) is 49.2 Å². The van der Waals surface area contributed by atoms with Crippen LogP contribution in [0.3, 0.4) is 0 Å². The van der Waals surface area contributed by atoms with Crippen LogP contribution >= 0.6 is 0 Å². The molecule has 0 saturated heterocycles.